The average Bonchev–Trinajstić information content (AvgIpc) is 3.55. The molecule has 0 bridgehead atoms. The minimum atomic E-state index is -0.367. The van der Waals surface area contributed by atoms with E-state index in [4.69, 9.17) is 9.47 Å². The van der Waals surface area contributed by atoms with Crippen LogP contribution in [0.25, 0.3) is 21.9 Å². The quantitative estimate of drug-likeness (QED) is 0.371. The largest absolute Gasteiger partial charge is 0.493 e. The molecule has 0 radical (unpaired) electrons. The third-order valence-corrected chi connectivity index (χ3v) is 7.16. The van der Waals surface area contributed by atoms with Gasteiger partial charge in [0.15, 0.2) is 17.3 Å². The van der Waals surface area contributed by atoms with Crippen molar-refractivity contribution >= 4 is 33.5 Å². The molecule has 6 rings (SSSR count). The van der Waals surface area contributed by atoms with E-state index >= 15 is 0 Å². The summed E-state index contributed by atoms with van der Waals surface area (Å²) in [5, 5.41) is 4.44. The number of carbonyl (C=O) groups is 1. The van der Waals surface area contributed by atoms with Crippen LogP contribution in [0.1, 0.15) is 11.1 Å². The number of carbonyl (C=O) groups excluding carboxylic acids is 1. The Kier molecular flexibility index (Phi) is 5.26. The maximum absolute atomic E-state index is 13.6. The molecular weight excluding hydrogens is 476 g/mol. The number of para-hydroxylation sites is 1. The van der Waals surface area contributed by atoms with Crippen LogP contribution in [-0.4, -0.2) is 34.7 Å². The van der Waals surface area contributed by atoms with Crippen molar-refractivity contribution in [1.29, 1.82) is 0 Å². The molecule has 8 nitrogen and oxygen atoms in total. The first kappa shape index (κ1) is 22.0. The molecule has 0 saturated carbocycles. The average molecular weight is 497 g/mol. The van der Waals surface area contributed by atoms with Crippen LogP contribution in [0, 0.1) is 0 Å². The van der Waals surface area contributed by atoms with Gasteiger partial charge in [0, 0.05) is 11.1 Å². The summed E-state index contributed by atoms with van der Waals surface area (Å²) in [6.07, 6.45) is 0. The molecule has 0 unspecified atom stereocenters. The third-order valence-electron chi connectivity index (χ3n) is 6.13. The van der Waals surface area contributed by atoms with Crippen molar-refractivity contribution < 1.29 is 14.3 Å². The van der Waals surface area contributed by atoms with E-state index in [-0.39, 0.29) is 11.5 Å². The second kappa shape index (κ2) is 8.62. The van der Waals surface area contributed by atoms with Gasteiger partial charge in [0.1, 0.15) is 4.53 Å². The maximum Gasteiger partial charge on any atom is 0.291 e. The fourth-order valence-electron chi connectivity index (χ4n) is 4.41. The summed E-state index contributed by atoms with van der Waals surface area (Å²) in [4.78, 5) is 33.8. The van der Waals surface area contributed by atoms with Gasteiger partial charge < -0.3 is 14.4 Å². The molecule has 1 aliphatic rings. The molecule has 0 atom stereocenters. The summed E-state index contributed by atoms with van der Waals surface area (Å²) in [6.45, 7) is 0.415. The van der Waals surface area contributed by atoms with Crippen LogP contribution in [0.4, 0.5) is 5.69 Å². The van der Waals surface area contributed by atoms with E-state index in [0.29, 0.717) is 44.5 Å². The van der Waals surface area contributed by atoms with Crippen LogP contribution in [0.5, 0.6) is 11.5 Å². The number of hydrogen-bond donors (Lipinski definition) is 0. The highest BCUT2D eigenvalue weighted by Crippen LogP contribution is 2.36. The van der Waals surface area contributed by atoms with Crippen molar-refractivity contribution in [3.05, 3.63) is 98.8 Å². The summed E-state index contributed by atoms with van der Waals surface area (Å²) < 4.78 is 12.2. The fraction of sp³-hybridized carbons (Fsp3) is 0.111. The van der Waals surface area contributed by atoms with Crippen molar-refractivity contribution in [2.45, 2.75) is 6.54 Å². The van der Waals surface area contributed by atoms with Crippen molar-refractivity contribution in [3.8, 4) is 22.9 Å². The normalized spacial score (nSPS) is 14.4. The predicted octanol–water partition coefficient (Wildman–Crippen LogP) is 3.30. The highest BCUT2D eigenvalue weighted by atomic mass is 32.1. The molecule has 5 aromatic rings. The van der Waals surface area contributed by atoms with Gasteiger partial charge in [-0.1, -0.05) is 59.9 Å². The molecule has 0 fully saturated rings. The van der Waals surface area contributed by atoms with Crippen molar-refractivity contribution in [2.75, 3.05) is 19.1 Å². The number of benzene rings is 3. The Hall–Kier alpha value is -4.50. The summed E-state index contributed by atoms with van der Waals surface area (Å²) in [5.74, 6) is 1.31. The first-order valence-electron chi connectivity index (χ1n) is 11.2. The number of thiazole rings is 1. The van der Waals surface area contributed by atoms with E-state index in [1.165, 1.54) is 15.9 Å². The van der Waals surface area contributed by atoms with Crippen molar-refractivity contribution in [2.24, 2.45) is 0 Å². The first-order chi connectivity index (χ1) is 17.6. The van der Waals surface area contributed by atoms with Gasteiger partial charge in [-0.3, -0.25) is 9.59 Å². The van der Waals surface area contributed by atoms with E-state index in [1.807, 2.05) is 54.6 Å². The zero-order chi connectivity index (χ0) is 24.8. The summed E-state index contributed by atoms with van der Waals surface area (Å²) in [7, 11) is 3.12. The second-order valence-electron chi connectivity index (χ2n) is 8.20. The molecule has 3 heterocycles. The first-order valence-corrected chi connectivity index (χ1v) is 12.0. The van der Waals surface area contributed by atoms with E-state index < -0.39 is 0 Å². The lowest BCUT2D eigenvalue weighted by atomic mass is 10.1. The van der Waals surface area contributed by atoms with E-state index in [2.05, 4.69) is 10.1 Å². The molecule has 3 aromatic carbocycles. The smallest absolute Gasteiger partial charge is 0.291 e. The number of amides is 1. The lowest BCUT2D eigenvalue weighted by molar-refractivity contribution is -0.113. The van der Waals surface area contributed by atoms with Crippen LogP contribution in [0.2, 0.25) is 0 Å². The monoisotopic (exact) mass is 496 g/mol. The van der Waals surface area contributed by atoms with Crippen LogP contribution >= 0.6 is 11.3 Å². The Morgan fingerprint density at radius 1 is 0.889 bits per heavy atom. The molecule has 36 heavy (non-hydrogen) atoms. The fourth-order valence-corrected chi connectivity index (χ4v) is 5.40. The van der Waals surface area contributed by atoms with Gasteiger partial charge >= 0.3 is 0 Å². The van der Waals surface area contributed by atoms with Crippen molar-refractivity contribution in [3.63, 3.8) is 0 Å². The van der Waals surface area contributed by atoms with Crippen LogP contribution < -0.4 is 24.5 Å². The van der Waals surface area contributed by atoms with E-state index in [9.17, 15) is 9.59 Å². The number of fused-ring (bicyclic) bond motifs is 2. The Labute approximate surface area is 209 Å². The van der Waals surface area contributed by atoms with Gasteiger partial charge in [0.25, 0.3) is 11.5 Å². The highest BCUT2D eigenvalue weighted by molar-refractivity contribution is 7.15. The Balaban J connectivity index is 1.47. The number of rotatable bonds is 5. The standard InChI is InChI=1S/C27H20N4O4S/c1-34-20-13-12-17(14-21(20)35-2)24-28-27-31(29-24)26(33)23(36-27)22-18-10-6-7-11-19(18)30(25(22)32)15-16-8-4-3-5-9-16/h3-14H,15H2,1-2H3/b23-22-. The van der Waals surface area contributed by atoms with Crippen LogP contribution in [0.15, 0.2) is 77.6 Å². The number of anilines is 1. The van der Waals surface area contributed by atoms with Gasteiger partial charge in [0.2, 0.25) is 4.96 Å². The van der Waals surface area contributed by atoms with Gasteiger partial charge in [0.05, 0.1) is 32.0 Å². The molecule has 0 N–H and O–H groups in total. The number of ether oxygens (including phenoxy) is 2. The Morgan fingerprint density at radius 3 is 2.39 bits per heavy atom. The lowest BCUT2D eigenvalue weighted by Crippen LogP contribution is -2.32. The SMILES string of the molecule is COc1ccc(-c2nc3s/c(=C4\C(=O)N(Cc5ccccc5)c5ccccc54)c(=O)n3n2)cc1OC. The minimum absolute atomic E-state index is 0.207. The zero-order valence-electron chi connectivity index (χ0n) is 19.5. The Bertz CT molecular complexity index is 1740. The van der Waals surface area contributed by atoms with Crippen LogP contribution in [0.3, 0.4) is 0 Å². The number of methoxy groups -OCH3 is 2. The molecule has 0 spiro atoms. The van der Waals surface area contributed by atoms with Crippen molar-refractivity contribution in [1.82, 2.24) is 14.6 Å². The number of hydrogen-bond acceptors (Lipinski definition) is 7. The van der Waals surface area contributed by atoms with E-state index in [0.717, 1.165) is 16.8 Å². The third kappa shape index (κ3) is 3.44. The summed E-state index contributed by atoms with van der Waals surface area (Å²) in [5.41, 5.74) is 3.23. The molecule has 2 aromatic heterocycles. The number of nitrogens with zero attached hydrogens (tertiary/aromatic N) is 4. The molecule has 0 aliphatic carbocycles. The van der Waals surface area contributed by atoms with Gasteiger partial charge in [-0.15, -0.1) is 5.10 Å². The topological polar surface area (TPSA) is 86.0 Å². The minimum Gasteiger partial charge on any atom is -0.493 e. The highest BCUT2D eigenvalue weighted by Gasteiger charge is 2.34. The van der Waals surface area contributed by atoms with Gasteiger partial charge in [-0.05, 0) is 29.8 Å². The zero-order valence-corrected chi connectivity index (χ0v) is 20.3. The lowest BCUT2D eigenvalue weighted by Gasteiger charge is -2.17. The Morgan fingerprint density at radius 2 is 1.64 bits per heavy atom. The molecule has 1 amide bonds. The molecule has 0 saturated heterocycles. The summed E-state index contributed by atoms with van der Waals surface area (Å²) in [6, 6.07) is 22.6. The molecular formula is C27H20N4O4S. The molecule has 1 aliphatic heterocycles. The second-order valence-corrected chi connectivity index (χ2v) is 9.18. The summed E-state index contributed by atoms with van der Waals surface area (Å²) >= 11 is 1.17. The van der Waals surface area contributed by atoms with Gasteiger partial charge in [-0.25, -0.2) is 0 Å². The maximum atomic E-state index is 13.6. The van der Waals surface area contributed by atoms with E-state index in [1.54, 1.807) is 37.3 Å². The van der Waals surface area contributed by atoms with Gasteiger partial charge in [-0.2, -0.15) is 9.50 Å². The molecule has 9 heteroatoms. The number of aromatic nitrogens is 3. The predicted molar refractivity (Wildman–Crippen MR) is 137 cm³/mol. The molecule has 178 valence electrons. The van der Waals surface area contributed by atoms with Crippen LogP contribution in [-0.2, 0) is 11.3 Å².